The highest BCUT2D eigenvalue weighted by Crippen LogP contribution is 2.39. The lowest BCUT2D eigenvalue weighted by atomic mass is 9.93. The van der Waals surface area contributed by atoms with Gasteiger partial charge in [0.15, 0.2) is 0 Å². The summed E-state index contributed by atoms with van der Waals surface area (Å²) in [6, 6.07) is 12.5. The van der Waals surface area contributed by atoms with Crippen LogP contribution in [0, 0.1) is 0 Å². The number of thiophene rings is 1. The molecule has 0 fully saturated rings. The molecule has 0 amide bonds. The van der Waals surface area contributed by atoms with Crippen LogP contribution in [0.5, 0.6) is 0 Å². The van der Waals surface area contributed by atoms with Gasteiger partial charge < -0.3 is 5.73 Å². The summed E-state index contributed by atoms with van der Waals surface area (Å²) < 4.78 is 0. The number of rotatable bonds is 1. The Labute approximate surface area is 101 Å². The standard InChI is InChI=1S/C14H17NS/c1-14(2,3)12-9-11(13(15)16-12)10-7-5-4-6-8-10/h4-9H,15H2,1-3H3. The minimum atomic E-state index is 0.172. The number of nitrogens with two attached hydrogens (primary N) is 1. The molecule has 1 heterocycles. The summed E-state index contributed by atoms with van der Waals surface area (Å²) in [5.41, 5.74) is 8.62. The van der Waals surface area contributed by atoms with Gasteiger partial charge in [-0.25, -0.2) is 0 Å². The van der Waals surface area contributed by atoms with Crippen molar-refractivity contribution in [1.29, 1.82) is 0 Å². The van der Waals surface area contributed by atoms with Gasteiger partial charge in [0.25, 0.3) is 0 Å². The Balaban J connectivity index is 2.48. The van der Waals surface area contributed by atoms with Gasteiger partial charge in [0.1, 0.15) is 0 Å². The van der Waals surface area contributed by atoms with E-state index in [4.69, 9.17) is 5.73 Å². The van der Waals surface area contributed by atoms with Gasteiger partial charge in [0.05, 0.1) is 5.00 Å². The molecule has 0 unspecified atom stereocenters. The molecule has 0 aliphatic carbocycles. The number of hydrogen-bond acceptors (Lipinski definition) is 2. The van der Waals surface area contributed by atoms with E-state index in [1.54, 1.807) is 11.3 Å². The summed E-state index contributed by atoms with van der Waals surface area (Å²) in [6.45, 7) is 6.65. The maximum Gasteiger partial charge on any atom is 0.0939 e. The van der Waals surface area contributed by atoms with E-state index in [-0.39, 0.29) is 5.41 Å². The molecule has 16 heavy (non-hydrogen) atoms. The SMILES string of the molecule is CC(C)(C)c1cc(-c2ccccc2)c(N)s1. The molecule has 0 saturated heterocycles. The van der Waals surface area contributed by atoms with Gasteiger partial charge in [-0.3, -0.25) is 0 Å². The number of anilines is 1. The van der Waals surface area contributed by atoms with Crippen molar-refractivity contribution in [3.8, 4) is 11.1 Å². The zero-order valence-corrected chi connectivity index (χ0v) is 10.8. The lowest BCUT2D eigenvalue weighted by molar-refractivity contribution is 0.604. The summed E-state index contributed by atoms with van der Waals surface area (Å²) in [7, 11) is 0. The second kappa shape index (κ2) is 3.95. The largest absolute Gasteiger partial charge is 0.390 e. The van der Waals surface area contributed by atoms with Crippen LogP contribution in [-0.4, -0.2) is 0 Å². The maximum absolute atomic E-state index is 6.09. The zero-order valence-electron chi connectivity index (χ0n) is 9.95. The molecule has 0 atom stereocenters. The van der Waals surface area contributed by atoms with Crippen LogP contribution in [0.25, 0.3) is 11.1 Å². The molecule has 0 aliphatic rings. The van der Waals surface area contributed by atoms with E-state index in [0.717, 1.165) is 10.6 Å². The first-order valence-corrected chi connectivity index (χ1v) is 6.25. The monoisotopic (exact) mass is 231 g/mol. The number of hydrogen-bond donors (Lipinski definition) is 1. The third kappa shape index (κ3) is 2.12. The van der Waals surface area contributed by atoms with E-state index in [1.807, 2.05) is 18.2 Å². The third-order valence-corrected chi connectivity index (χ3v) is 3.97. The van der Waals surface area contributed by atoms with E-state index in [2.05, 4.69) is 39.0 Å². The summed E-state index contributed by atoms with van der Waals surface area (Å²) in [6.07, 6.45) is 0. The Morgan fingerprint density at radius 3 is 2.19 bits per heavy atom. The topological polar surface area (TPSA) is 26.0 Å². The van der Waals surface area contributed by atoms with Gasteiger partial charge in [-0.2, -0.15) is 0 Å². The number of nitrogen functional groups attached to an aromatic ring is 1. The lowest BCUT2D eigenvalue weighted by Gasteiger charge is -2.15. The minimum Gasteiger partial charge on any atom is -0.390 e. The summed E-state index contributed by atoms with van der Waals surface area (Å²) in [5.74, 6) is 0. The normalized spacial score (nSPS) is 11.7. The van der Waals surface area contributed by atoms with Crippen molar-refractivity contribution in [2.75, 3.05) is 5.73 Å². The molecule has 2 aromatic rings. The highest BCUT2D eigenvalue weighted by Gasteiger charge is 2.18. The molecule has 0 bridgehead atoms. The molecule has 1 aromatic carbocycles. The van der Waals surface area contributed by atoms with Crippen molar-refractivity contribution in [2.45, 2.75) is 26.2 Å². The van der Waals surface area contributed by atoms with Crippen molar-refractivity contribution < 1.29 is 0 Å². The van der Waals surface area contributed by atoms with Crippen LogP contribution in [0.2, 0.25) is 0 Å². The van der Waals surface area contributed by atoms with E-state index in [1.165, 1.54) is 10.4 Å². The van der Waals surface area contributed by atoms with Crippen LogP contribution in [0.3, 0.4) is 0 Å². The van der Waals surface area contributed by atoms with Gasteiger partial charge in [-0.15, -0.1) is 11.3 Å². The fraction of sp³-hybridized carbons (Fsp3) is 0.286. The molecule has 84 valence electrons. The third-order valence-electron chi connectivity index (χ3n) is 2.58. The summed E-state index contributed by atoms with van der Waals surface area (Å²) in [4.78, 5) is 1.34. The Bertz CT molecular complexity index is 477. The molecule has 2 heteroatoms. The highest BCUT2D eigenvalue weighted by atomic mass is 32.1. The summed E-state index contributed by atoms with van der Waals surface area (Å²) in [5, 5.41) is 0.913. The average Bonchev–Trinajstić information content (AvgIpc) is 2.61. The van der Waals surface area contributed by atoms with Crippen LogP contribution in [0.4, 0.5) is 5.00 Å². The van der Waals surface area contributed by atoms with E-state index in [9.17, 15) is 0 Å². The Hall–Kier alpha value is -1.28. The first kappa shape index (κ1) is 11.2. The van der Waals surface area contributed by atoms with Gasteiger partial charge in [-0.1, -0.05) is 51.1 Å². The van der Waals surface area contributed by atoms with Gasteiger partial charge in [0, 0.05) is 10.4 Å². The molecular formula is C14H17NS. The smallest absolute Gasteiger partial charge is 0.0939 e. The fourth-order valence-electron chi connectivity index (χ4n) is 1.62. The molecule has 0 radical (unpaired) electrons. The van der Waals surface area contributed by atoms with Crippen molar-refractivity contribution in [3.05, 3.63) is 41.3 Å². The zero-order chi connectivity index (χ0) is 11.8. The highest BCUT2D eigenvalue weighted by molar-refractivity contribution is 7.16. The van der Waals surface area contributed by atoms with Crippen LogP contribution >= 0.6 is 11.3 Å². The maximum atomic E-state index is 6.09. The van der Waals surface area contributed by atoms with Crippen LogP contribution in [0.1, 0.15) is 25.6 Å². The van der Waals surface area contributed by atoms with E-state index in [0.29, 0.717) is 0 Å². The van der Waals surface area contributed by atoms with Crippen LogP contribution < -0.4 is 5.73 Å². The summed E-state index contributed by atoms with van der Waals surface area (Å²) >= 11 is 1.69. The Kier molecular flexibility index (Phi) is 2.76. The second-order valence-corrected chi connectivity index (χ2v) is 6.09. The quantitative estimate of drug-likeness (QED) is 0.778. The van der Waals surface area contributed by atoms with Crippen molar-refractivity contribution in [1.82, 2.24) is 0 Å². The van der Waals surface area contributed by atoms with Crippen molar-refractivity contribution in [3.63, 3.8) is 0 Å². The van der Waals surface area contributed by atoms with Crippen LogP contribution in [-0.2, 0) is 5.41 Å². The first-order valence-electron chi connectivity index (χ1n) is 5.43. The molecule has 0 aliphatic heterocycles. The number of benzene rings is 1. The van der Waals surface area contributed by atoms with Crippen molar-refractivity contribution >= 4 is 16.3 Å². The Morgan fingerprint density at radius 2 is 1.69 bits per heavy atom. The molecule has 0 spiro atoms. The average molecular weight is 231 g/mol. The molecule has 0 saturated carbocycles. The predicted octanol–water partition coefficient (Wildman–Crippen LogP) is 4.29. The van der Waals surface area contributed by atoms with Crippen molar-refractivity contribution in [2.24, 2.45) is 0 Å². The van der Waals surface area contributed by atoms with Gasteiger partial charge >= 0.3 is 0 Å². The lowest BCUT2D eigenvalue weighted by Crippen LogP contribution is -2.07. The molecule has 1 aromatic heterocycles. The van der Waals surface area contributed by atoms with Gasteiger partial charge in [-0.05, 0) is 17.0 Å². The minimum absolute atomic E-state index is 0.172. The first-order chi connectivity index (χ1) is 7.48. The van der Waals surface area contributed by atoms with E-state index >= 15 is 0 Å². The Morgan fingerprint density at radius 1 is 1.06 bits per heavy atom. The van der Waals surface area contributed by atoms with Gasteiger partial charge in [0.2, 0.25) is 0 Å². The molecular weight excluding hydrogens is 214 g/mol. The predicted molar refractivity (Wildman–Crippen MR) is 72.9 cm³/mol. The second-order valence-electron chi connectivity index (χ2n) is 5.00. The fourth-order valence-corrected chi connectivity index (χ4v) is 2.62. The van der Waals surface area contributed by atoms with Crippen LogP contribution in [0.15, 0.2) is 36.4 Å². The molecule has 2 rings (SSSR count). The molecule has 2 N–H and O–H groups in total. The molecule has 1 nitrogen and oxygen atoms in total. The van der Waals surface area contributed by atoms with E-state index < -0.39 is 0 Å².